The van der Waals surface area contributed by atoms with Crippen LogP contribution in [0.15, 0.2) is 17.1 Å². The number of pyridine rings is 1. The van der Waals surface area contributed by atoms with E-state index in [0.717, 1.165) is 11.5 Å². The summed E-state index contributed by atoms with van der Waals surface area (Å²) in [6.07, 6.45) is -4.84. The highest BCUT2D eigenvalue weighted by atomic mass is 19.4. The molecule has 2 rings (SSSR count). The summed E-state index contributed by atoms with van der Waals surface area (Å²) in [4.78, 5) is 23.3. The summed E-state index contributed by atoms with van der Waals surface area (Å²) in [7, 11) is 0. The fourth-order valence-corrected chi connectivity index (χ4v) is 2.26. The molecule has 0 aromatic carbocycles. The van der Waals surface area contributed by atoms with Crippen LogP contribution in [0, 0.1) is 0 Å². The highest BCUT2D eigenvalue weighted by Crippen LogP contribution is 2.31. The number of hydrogen-bond donors (Lipinski definition) is 2. The van der Waals surface area contributed by atoms with E-state index in [-0.39, 0.29) is 19.6 Å². The van der Waals surface area contributed by atoms with Gasteiger partial charge in [0.15, 0.2) is 0 Å². The van der Waals surface area contributed by atoms with E-state index in [4.69, 9.17) is 4.74 Å². The van der Waals surface area contributed by atoms with Gasteiger partial charge in [-0.25, -0.2) is 0 Å². The predicted octanol–water partition coefficient (Wildman–Crippen LogP) is 1.15. The van der Waals surface area contributed by atoms with E-state index in [2.05, 4.69) is 5.32 Å². The lowest BCUT2D eigenvalue weighted by Crippen LogP contribution is -2.40. The molecule has 2 N–H and O–H groups in total. The molecule has 0 bridgehead atoms. The van der Waals surface area contributed by atoms with Crippen LogP contribution in [0.3, 0.4) is 0 Å². The van der Waals surface area contributed by atoms with Crippen molar-refractivity contribution >= 4 is 11.6 Å². The van der Waals surface area contributed by atoms with Crippen molar-refractivity contribution in [2.45, 2.75) is 31.7 Å². The molecule has 1 aromatic heterocycles. The number of nitrogens with zero attached hydrogens (tertiary/aromatic N) is 1. The van der Waals surface area contributed by atoms with Gasteiger partial charge in [0.1, 0.15) is 5.69 Å². The fraction of sp³-hybridized carbons (Fsp3) is 0.538. The smallest absolute Gasteiger partial charge is 0.391 e. The first-order chi connectivity index (χ1) is 10.2. The van der Waals surface area contributed by atoms with Crippen molar-refractivity contribution < 1.29 is 27.8 Å². The molecule has 1 aliphatic rings. The molecule has 1 aliphatic heterocycles. The third kappa shape index (κ3) is 3.47. The lowest BCUT2D eigenvalue weighted by atomic mass is 10.1. The van der Waals surface area contributed by atoms with E-state index in [9.17, 15) is 27.9 Å². The highest BCUT2D eigenvalue weighted by molar-refractivity contribution is 5.88. The van der Waals surface area contributed by atoms with Gasteiger partial charge in [-0.3, -0.25) is 9.59 Å². The Kier molecular flexibility index (Phi) is 4.57. The summed E-state index contributed by atoms with van der Waals surface area (Å²) in [5.41, 5.74) is -2.40. The molecule has 2 heterocycles. The first-order valence-electron chi connectivity index (χ1n) is 6.57. The largest absolute Gasteiger partial charge is 0.417 e. The SMILES string of the molecule is CC(=O)Nc1cc(C(F)(F)F)cn([C@H]2COCC[C@H]2O)c1=O. The van der Waals surface area contributed by atoms with E-state index in [1.165, 1.54) is 0 Å². The molecule has 1 aromatic rings. The molecule has 1 fully saturated rings. The standard InChI is InChI=1S/C13H15F3N2O4/c1-7(19)17-9-4-8(13(14,15)16)5-18(12(9)21)10-6-22-3-2-11(10)20/h4-5,10-11,20H,2-3,6H2,1H3,(H,17,19)/t10-,11+/m0/s1. The fourth-order valence-electron chi connectivity index (χ4n) is 2.26. The van der Waals surface area contributed by atoms with Crippen molar-refractivity contribution in [3.8, 4) is 0 Å². The van der Waals surface area contributed by atoms with Crippen molar-refractivity contribution in [2.75, 3.05) is 18.5 Å². The molecule has 1 saturated heterocycles. The minimum Gasteiger partial charge on any atom is -0.391 e. The molecule has 0 radical (unpaired) electrons. The number of rotatable bonds is 2. The molecule has 0 aliphatic carbocycles. The number of carbonyl (C=O) groups is 1. The summed E-state index contributed by atoms with van der Waals surface area (Å²) in [5.74, 6) is -0.664. The van der Waals surface area contributed by atoms with Crippen LogP contribution >= 0.6 is 0 Å². The summed E-state index contributed by atoms with van der Waals surface area (Å²) >= 11 is 0. The summed E-state index contributed by atoms with van der Waals surface area (Å²) in [6, 6.07) is -0.355. The average molecular weight is 320 g/mol. The zero-order chi connectivity index (χ0) is 16.5. The molecule has 0 unspecified atom stereocenters. The summed E-state index contributed by atoms with van der Waals surface area (Å²) in [6.45, 7) is 1.27. The molecule has 0 saturated carbocycles. The number of alkyl halides is 3. The average Bonchev–Trinajstić information content (AvgIpc) is 2.40. The Labute approximate surface area is 123 Å². The second-order valence-corrected chi connectivity index (χ2v) is 5.03. The van der Waals surface area contributed by atoms with Crippen LogP contribution in [0.5, 0.6) is 0 Å². The topological polar surface area (TPSA) is 80.6 Å². The van der Waals surface area contributed by atoms with Crippen LogP contribution in [0.25, 0.3) is 0 Å². The molecule has 2 atom stereocenters. The van der Waals surface area contributed by atoms with Crippen molar-refractivity contribution in [1.29, 1.82) is 0 Å². The molecule has 6 nitrogen and oxygen atoms in total. The van der Waals surface area contributed by atoms with E-state index in [1.54, 1.807) is 0 Å². The van der Waals surface area contributed by atoms with Gasteiger partial charge in [0.25, 0.3) is 5.56 Å². The number of ether oxygens (including phenoxy) is 1. The maximum Gasteiger partial charge on any atom is 0.417 e. The quantitative estimate of drug-likeness (QED) is 0.856. The van der Waals surface area contributed by atoms with Crippen LogP contribution < -0.4 is 10.9 Å². The van der Waals surface area contributed by atoms with Gasteiger partial charge in [-0.2, -0.15) is 13.2 Å². The lowest BCUT2D eigenvalue weighted by Gasteiger charge is -2.30. The summed E-state index contributed by atoms with van der Waals surface area (Å²) < 4.78 is 44.8. The van der Waals surface area contributed by atoms with Crippen molar-refractivity contribution in [3.05, 3.63) is 28.2 Å². The van der Waals surface area contributed by atoms with Crippen LogP contribution in [0.2, 0.25) is 0 Å². The van der Waals surface area contributed by atoms with E-state index in [1.807, 2.05) is 0 Å². The normalized spacial score (nSPS) is 22.4. The minimum atomic E-state index is -4.69. The predicted molar refractivity (Wildman–Crippen MR) is 70.5 cm³/mol. The first kappa shape index (κ1) is 16.5. The number of halogens is 3. The van der Waals surface area contributed by atoms with Gasteiger partial charge in [-0.15, -0.1) is 0 Å². The van der Waals surface area contributed by atoms with Crippen LogP contribution in [0.4, 0.5) is 18.9 Å². The second kappa shape index (κ2) is 6.09. The van der Waals surface area contributed by atoms with E-state index < -0.39 is 41.0 Å². The van der Waals surface area contributed by atoms with Crippen molar-refractivity contribution in [3.63, 3.8) is 0 Å². The lowest BCUT2D eigenvalue weighted by molar-refractivity contribution is -0.138. The maximum atomic E-state index is 13.0. The molecule has 22 heavy (non-hydrogen) atoms. The van der Waals surface area contributed by atoms with Gasteiger partial charge in [-0.05, 0) is 12.5 Å². The Hall–Kier alpha value is -1.87. The van der Waals surface area contributed by atoms with Gasteiger partial charge >= 0.3 is 6.18 Å². The van der Waals surface area contributed by atoms with Crippen molar-refractivity contribution in [2.24, 2.45) is 0 Å². The Balaban J connectivity index is 2.56. The molecule has 9 heteroatoms. The summed E-state index contributed by atoms with van der Waals surface area (Å²) in [5, 5.41) is 12.0. The van der Waals surface area contributed by atoms with Gasteiger partial charge in [0.05, 0.1) is 24.3 Å². The van der Waals surface area contributed by atoms with Crippen LogP contribution in [-0.4, -0.2) is 34.9 Å². The first-order valence-corrected chi connectivity index (χ1v) is 6.57. The molecular formula is C13H15F3N2O4. The number of carbonyl (C=O) groups excluding carboxylic acids is 1. The van der Waals surface area contributed by atoms with Gasteiger partial charge in [-0.1, -0.05) is 0 Å². The number of aromatic nitrogens is 1. The zero-order valence-electron chi connectivity index (χ0n) is 11.7. The van der Waals surface area contributed by atoms with Crippen LogP contribution in [0.1, 0.15) is 24.9 Å². The Morgan fingerprint density at radius 3 is 2.73 bits per heavy atom. The third-order valence-corrected chi connectivity index (χ3v) is 3.33. The monoisotopic (exact) mass is 320 g/mol. The Bertz CT molecular complexity index is 627. The number of nitrogens with one attached hydrogen (secondary N) is 1. The third-order valence-electron chi connectivity index (χ3n) is 3.33. The Morgan fingerprint density at radius 1 is 1.50 bits per heavy atom. The van der Waals surface area contributed by atoms with Gasteiger partial charge in [0.2, 0.25) is 5.91 Å². The Morgan fingerprint density at radius 2 is 2.18 bits per heavy atom. The van der Waals surface area contributed by atoms with Gasteiger partial charge in [0, 0.05) is 19.7 Å². The van der Waals surface area contributed by atoms with Gasteiger partial charge < -0.3 is 19.7 Å². The minimum absolute atomic E-state index is 0.0815. The molecule has 122 valence electrons. The number of anilines is 1. The number of aliphatic hydroxyl groups excluding tert-OH is 1. The second-order valence-electron chi connectivity index (χ2n) is 5.03. The zero-order valence-corrected chi connectivity index (χ0v) is 11.7. The van der Waals surface area contributed by atoms with E-state index in [0.29, 0.717) is 12.3 Å². The molecule has 0 spiro atoms. The number of hydrogen-bond acceptors (Lipinski definition) is 4. The highest BCUT2D eigenvalue weighted by Gasteiger charge is 2.34. The maximum absolute atomic E-state index is 13.0. The number of aliphatic hydroxyl groups is 1. The van der Waals surface area contributed by atoms with Crippen molar-refractivity contribution in [1.82, 2.24) is 4.57 Å². The molecular weight excluding hydrogens is 305 g/mol. The van der Waals surface area contributed by atoms with Crippen LogP contribution in [-0.2, 0) is 15.7 Å². The van der Waals surface area contributed by atoms with E-state index >= 15 is 0 Å². The number of amides is 1. The molecule has 1 amide bonds.